The number of aryl methyl sites for hydroxylation is 1. The van der Waals surface area contributed by atoms with Gasteiger partial charge in [0.05, 0.1) is 12.7 Å². The van der Waals surface area contributed by atoms with Gasteiger partial charge in [-0.15, -0.1) is 0 Å². The van der Waals surface area contributed by atoms with Crippen LogP contribution in [-0.4, -0.2) is 43.6 Å². The van der Waals surface area contributed by atoms with Crippen molar-refractivity contribution < 1.29 is 24.1 Å². The molecule has 2 unspecified atom stereocenters. The van der Waals surface area contributed by atoms with Crippen LogP contribution in [0.4, 0.5) is 0 Å². The highest BCUT2D eigenvalue weighted by atomic mass is 16.7. The lowest BCUT2D eigenvalue weighted by molar-refractivity contribution is -0.213. The maximum Gasteiger partial charge on any atom is 0.199 e. The Labute approximate surface area is 264 Å². The third-order valence-electron chi connectivity index (χ3n) is 11.5. The zero-order chi connectivity index (χ0) is 29.9. The molecule has 5 aliphatic rings. The summed E-state index contributed by atoms with van der Waals surface area (Å²) < 4.78 is 25.1. The number of hydrogen-bond donors (Lipinski definition) is 1. The molecule has 0 amide bonds. The Bertz CT molecular complexity index is 1310. The number of hydrogen-bond acceptors (Lipinski definition) is 5. The fourth-order valence-electron chi connectivity index (χ4n) is 9.36. The van der Waals surface area contributed by atoms with Crippen molar-refractivity contribution in [2.24, 2.45) is 17.3 Å². The molecule has 8 atom stereocenters. The van der Waals surface area contributed by atoms with Crippen LogP contribution in [0.25, 0.3) is 0 Å². The Hall–Kier alpha value is -2.36. The van der Waals surface area contributed by atoms with Gasteiger partial charge in [0, 0.05) is 31.6 Å². The van der Waals surface area contributed by atoms with E-state index in [1.54, 1.807) is 0 Å². The third-order valence-corrected chi connectivity index (χ3v) is 11.5. The highest BCUT2D eigenvalue weighted by Crippen LogP contribution is 2.65. The van der Waals surface area contributed by atoms with Crippen molar-refractivity contribution in [3.05, 3.63) is 64.7 Å². The van der Waals surface area contributed by atoms with E-state index in [4.69, 9.17) is 24.1 Å². The summed E-state index contributed by atoms with van der Waals surface area (Å²) in [6.45, 7) is 4.36. The van der Waals surface area contributed by atoms with Crippen LogP contribution in [0.3, 0.4) is 0 Å². The molecule has 0 aromatic heterocycles. The fourth-order valence-corrected chi connectivity index (χ4v) is 9.36. The molecule has 7 rings (SSSR count). The van der Waals surface area contributed by atoms with Gasteiger partial charge in [0.15, 0.2) is 12.6 Å². The normalized spacial score (nSPS) is 34.6. The molecule has 0 bridgehead atoms. The average molecular weight is 599 g/mol. The van der Waals surface area contributed by atoms with Gasteiger partial charge in [0.25, 0.3) is 0 Å². The maximum absolute atomic E-state index is 9.10. The van der Waals surface area contributed by atoms with Gasteiger partial charge < -0.3 is 24.1 Å². The van der Waals surface area contributed by atoms with E-state index in [2.05, 4.69) is 61.2 Å². The van der Waals surface area contributed by atoms with E-state index in [-0.39, 0.29) is 30.7 Å². The smallest absolute Gasteiger partial charge is 0.199 e. The van der Waals surface area contributed by atoms with Crippen molar-refractivity contribution in [1.82, 2.24) is 0 Å². The summed E-state index contributed by atoms with van der Waals surface area (Å²) >= 11 is 0. The molecule has 2 aliphatic heterocycles. The van der Waals surface area contributed by atoms with Crippen LogP contribution >= 0.6 is 0 Å². The summed E-state index contributed by atoms with van der Waals surface area (Å²) in [6.07, 6.45) is 14.1. The Kier molecular flexibility index (Phi) is 9.33. The van der Waals surface area contributed by atoms with Crippen LogP contribution in [0.1, 0.15) is 118 Å². The van der Waals surface area contributed by atoms with Crippen molar-refractivity contribution in [2.75, 3.05) is 19.8 Å². The SMILES string of the molecule is C[C@]12C[C@H](c3ccc(C#CCCCO)cc3)[C@@H]3c4ccc(OC5CCCCO5)cc4CC[C@H]3[C@@H]1CC[C@@H]2OC1CCCCO1. The maximum atomic E-state index is 9.10. The van der Waals surface area contributed by atoms with Crippen molar-refractivity contribution >= 4 is 0 Å². The summed E-state index contributed by atoms with van der Waals surface area (Å²) in [7, 11) is 0. The summed E-state index contributed by atoms with van der Waals surface area (Å²) in [4.78, 5) is 0. The minimum atomic E-state index is -0.116. The van der Waals surface area contributed by atoms with Crippen LogP contribution in [-0.2, 0) is 20.6 Å². The molecule has 0 radical (unpaired) electrons. The predicted molar refractivity (Wildman–Crippen MR) is 172 cm³/mol. The van der Waals surface area contributed by atoms with Gasteiger partial charge in [0.1, 0.15) is 5.75 Å². The van der Waals surface area contributed by atoms with E-state index in [0.29, 0.717) is 23.7 Å². The predicted octanol–water partition coefficient (Wildman–Crippen LogP) is 7.88. The molecular formula is C39H50O5. The second-order valence-corrected chi connectivity index (χ2v) is 14.2. The number of ether oxygens (including phenoxy) is 4. The lowest BCUT2D eigenvalue weighted by atomic mass is 9.51. The first-order chi connectivity index (χ1) is 21.6. The molecule has 0 spiro atoms. The Balaban J connectivity index is 1.19. The molecule has 44 heavy (non-hydrogen) atoms. The molecule has 2 aromatic carbocycles. The molecule has 2 heterocycles. The van der Waals surface area contributed by atoms with Gasteiger partial charge in [-0.3, -0.25) is 0 Å². The number of unbranched alkanes of at least 4 members (excludes halogenated alkanes) is 1. The van der Waals surface area contributed by atoms with Gasteiger partial charge in [0.2, 0.25) is 0 Å². The highest BCUT2D eigenvalue weighted by molar-refractivity contribution is 5.45. The largest absolute Gasteiger partial charge is 0.465 e. The molecule has 2 saturated carbocycles. The molecule has 2 saturated heterocycles. The number of fused-ring (bicyclic) bond motifs is 5. The van der Waals surface area contributed by atoms with E-state index in [0.717, 1.165) is 82.3 Å². The molecular weight excluding hydrogens is 548 g/mol. The van der Waals surface area contributed by atoms with Crippen LogP contribution < -0.4 is 4.74 Å². The summed E-state index contributed by atoms with van der Waals surface area (Å²) in [6, 6.07) is 16.0. The monoisotopic (exact) mass is 598 g/mol. The first-order valence-electron chi connectivity index (χ1n) is 17.5. The second kappa shape index (κ2) is 13.6. The second-order valence-electron chi connectivity index (χ2n) is 14.2. The zero-order valence-electron chi connectivity index (χ0n) is 26.5. The van der Waals surface area contributed by atoms with E-state index in [9.17, 15) is 0 Å². The number of aliphatic hydroxyl groups excluding tert-OH is 1. The molecule has 4 fully saturated rings. The van der Waals surface area contributed by atoms with Crippen molar-refractivity contribution in [2.45, 2.75) is 121 Å². The first kappa shape index (κ1) is 30.3. The quantitative estimate of drug-likeness (QED) is 0.260. The number of rotatable bonds is 7. The van der Waals surface area contributed by atoms with Crippen molar-refractivity contribution in [1.29, 1.82) is 0 Å². The Morgan fingerprint density at radius 3 is 2.45 bits per heavy atom. The van der Waals surface area contributed by atoms with E-state index in [1.165, 1.54) is 42.4 Å². The van der Waals surface area contributed by atoms with Crippen molar-refractivity contribution in [3.63, 3.8) is 0 Å². The fraction of sp³-hybridized carbons (Fsp3) is 0.641. The highest BCUT2D eigenvalue weighted by Gasteiger charge is 2.59. The average Bonchev–Trinajstić information content (AvgIpc) is 3.39. The standard InChI is InChI=1S/C39H50O5/c1-39-26-33(28-14-12-27(13-15-28)9-3-2-6-22-40)38-31-19-17-30(43-36-10-4-7-23-41-36)25-29(31)16-18-32(38)34(39)20-21-35(39)44-37-11-5-8-24-42-37/h12-15,17,19,25,32-38,40H,2,4-8,10-11,16,18,20-24,26H2,1H3/t32-,33+,34-,35-,36?,37?,38+,39-/m0/s1. The third kappa shape index (κ3) is 6.21. The van der Waals surface area contributed by atoms with Gasteiger partial charge in [-0.1, -0.05) is 37.0 Å². The molecule has 5 heteroatoms. The lowest BCUT2D eigenvalue weighted by Gasteiger charge is -2.54. The van der Waals surface area contributed by atoms with Gasteiger partial charge in [-0.2, -0.15) is 0 Å². The minimum absolute atomic E-state index is 0.0390. The Morgan fingerprint density at radius 1 is 0.909 bits per heavy atom. The molecule has 1 N–H and O–H groups in total. The molecule has 2 aromatic rings. The van der Waals surface area contributed by atoms with Crippen LogP contribution in [0.5, 0.6) is 5.75 Å². The van der Waals surface area contributed by atoms with E-state index in [1.807, 2.05) is 0 Å². The van der Waals surface area contributed by atoms with Crippen LogP contribution in [0, 0.1) is 29.1 Å². The van der Waals surface area contributed by atoms with Gasteiger partial charge in [-0.05, 0) is 141 Å². The molecule has 3 aliphatic carbocycles. The molecule has 236 valence electrons. The minimum Gasteiger partial charge on any atom is -0.465 e. The van der Waals surface area contributed by atoms with Crippen LogP contribution in [0.15, 0.2) is 42.5 Å². The van der Waals surface area contributed by atoms with Crippen LogP contribution in [0.2, 0.25) is 0 Å². The molecule has 5 nitrogen and oxygen atoms in total. The lowest BCUT2D eigenvalue weighted by Crippen LogP contribution is -2.48. The Morgan fingerprint density at radius 2 is 1.70 bits per heavy atom. The first-order valence-corrected chi connectivity index (χ1v) is 17.5. The zero-order valence-corrected chi connectivity index (χ0v) is 26.5. The summed E-state index contributed by atoms with van der Waals surface area (Å²) in [5.74, 6) is 9.68. The topological polar surface area (TPSA) is 57.2 Å². The van der Waals surface area contributed by atoms with E-state index >= 15 is 0 Å². The number of benzene rings is 2. The summed E-state index contributed by atoms with van der Waals surface area (Å²) in [5, 5.41) is 9.10. The van der Waals surface area contributed by atoms with Crippen molar-refractivity contribution in [3.8, 4) is 17.6 Å². The van der Waals surface area contributed by atoms with Gasteiger partial charge >= 0.3 is 0 Å². The van der Waals surface area contributed by atoms with Gasteiger partial charge in [-0.25, -0.2) is 0 Å². The summed E-state index contributed by atoms with van der Waals surface area (Å²) in [5.41, 5.74) is 5.59. The number of aliphatic hydroxyl groups is 1. The van der Waals surface area contributed by atoms with E-state index < -0.39 is 0 Å².